The monoisotopic (exact) mass is 536 g/mol. The van der Waals surface area contributed by atoms with E-state index >= 15 is 0 Å². The molecule has 0 saturated carbocycles. The van der Waals surface area contributed by atoms with Crippen molar-refractivity contribution in [1.29, 1.82) is 5.26 Å². The Morgan fingerprint density at radius 3 is 2.68 bits per heavy atom. The number of ether oxygens (including phenoxy) is 2. The zero-order chi connectivity index (χ0) is 26.1. The second-order valence-electron chi connectivity index (χ2n) is 9.31. The predicted octanol–water partition coefficient (Wildman–Crippen LogP) is 4.56. The molecule has 0 bridgehead atoms. The standard InChI is InChI=1S/C27H28N4O4S2/c1-3-4-11-30-24(29-9-5-6-10-29)19(17(2)20(14-28)25(30)32)13-23-26(33)31(27(36)37-23)15-18-7-8-21-22(12-18)35-16-34-21/h7-8,12-13H,3-6,9-11,15-16H2,1-2H3/b23-13+. The summed E-state index contributed by atoms with van der Waals surface area (Å²) < 4.78 is 13.1. The SMILES string of the molecule is CCCCn1c(N2CCCC2)c(/C=C2/SC(=S)N(Cc3ccc4c(c3)OCO4)C2=O)c(C)c(C#N)c1=O. The molecule has 0 radical (unpaired) electrons. The van der Waals surface area contributed by atoms with Crippen LogP contribution >= 0.6 is 24.0 Å². The number of carbonyl (C=O) groups excluding carboxylic acids is 1. The number of pyridine rings is 1. The van der Waals surface area contributed by atoms with E-state index in [1.165, 1.54) is 11.8 Å². The van der Waals surface area contributed by atoms with Crippen molar-refractivity contribution >= 4 is 46.1 Å². The highest BCUT2D eigenvalue weighted by Crippen LogP contribution is 2.38. The molecule has 5 rings (SSSR count). The second-order valence-corrected chi connectivity index (χ2v) is 11.0. The van der Waals surface area contributed by atoms with Crippen molar-refractivity contribution < 1.29 is 14.3 Å². The first-order valence-corrected chi connectivity index (χ1v) is 13.7. The van der Waals surface area contributed by atoms with Gasteiger partial charge in [0.15, 0.2) is 11.5 Å². The van der Waals surface area contributed by atoms with Crippen LogP contribution in [0.1, 0.15) is 54.9 Å². The number of thioether (sulfide) groups is 1. The molecule has 0 unspecified atom stereocenters. The maximum Gasteiger partial charge on any atom is 0.270 e. The number of amides is 1. The van der Waals surface area contributed by atoms with Crippen LogP contribution in [0.2, 0.25) is 0 Å². The Morgan fingerprint density at radius 1 is 1.19 bits per heavy atom. The van der Waals surface area contributed by atoms with Crippen LogP contribution in [-0.4, -0.2) is 39.6 Å². The van der Waals surface area contributed by atoms with Gasteiger partial charge in [-0.2, -0.15) is 5.26 Å². The Labute approximate surface area is 225 Å². The Kier molecular flexibility index (Phi) is 7.26. The minimum atomic E-state index is -0.261. The number of hydrogen-bond donors (Lipinski definition) is 0. The molecule has 37 heavy (non-hydrogen) atoms. The smallest absolute Gasteiger partial charge is 0.270 e. The molecule has 8 nitrogen and oxygen atoms in total. The Morgan fingerprint density at radius 2 is 1.95 bits per heavy atom. The van der Waals surface area contributed by atoms with E-state index in [4.69, 9.17) is 21.7 Å². The average molecular weight is 537 g/mol. The van der Waals surface area contributed by atoms with Gasteiger partial charge in [0.2, 0.25) is 6.79 Å². The van der Waals surface area contributed by atoms with E-state index in [2.05, 4.69) is 17.9 Å². The second kappa shape index (κ2) is 10.6. The molecule has 3 aliphatic heterocycles. The van der Waals surface area contributed by atoms with Crippen molar-refractivity contribution in [2.24, 2.45) is 0 Å². The molecule has 1 aromatic heterocycles. The van der Waals surface area contributed by atoms with Gasteiger partial charge in [-0.15, -0.1) is 0 Å². The van der Waals surface area contributed by atoms with E-state index in [9.17, 15) is 14.9 Å². The van der Waals surface area contributed by atoms with E-state index in [-0.39, 0.29) is 23.8 Å². The lowest BCUT2D eigenvalue weighted by molar-refractivity contribution is -0.122. The molecule has 0 atom stereocenters. The van der Waals surface area contributed by atoms with Gasteiger partial charge < -0.3 is 14.4 Å². The van der Waals surface area contributed by atoms with Crippen LogP contribution in [0, 0.1) is 18.3 Å². The molecule has 0 N–H and O–H groups in total. The number of nitrogens with zero attached hydrogens (tertiary/aromatic N) is 4. The first kappa shape index (κ1) is 25.4. The molecule has 1 aromatic carbocycles. The number of aromatic nitrogens is 1. The van der Waals surface area contributed by atoms with E-state index in [1.807, 2.05) is 24.3 Å². The number of carbonyl (C=O) groups is 1. The molecule has 0 spiro atoms. The molecule has 2 aromatic rings. The number of unbranched alkanes of at least 4 members (excludes halogenated alkanes) is 1. The van der Waals surface area contributed by atoms with Gasteiger partial charge in [0.25, 0.3) is 11.5 Å². The van der Waals surface area contributed by atoms with Crippen molar-refractivity contribution in [3.8, 4) is 17.6 Å². The number of thiocarbonyl (C=S) groups is 1. The normalized spacial score (nSPS) is 17.8. The summed E-state index contributed by atoms with van der Waals surface area (Å²) in [5.41, 5.74) is 2.10. The lowest BCUT2D eigenvalue weighted by Gasteiger charge is -2.27. The summed E-state index contributed by atoms with van der Waals surface area (Å²) in [5, 5.41) is 9.84. The van der Waals surface area contributed by atoms with Crippen molar-refractivity contribution in [2.75, 3.05) is 24.8 Å². The number of benzene rings is 1. The predicted molar refractivity (Wildman–Crippen MR) is 148 cm³/mol. The van der Waals surface area contributed by atoms with E-state index in [0.29, 0.717) is 39.4 Å². The first-order valence-electron chi connectivity index (χ1n) is 12.5. The molecule has 2 saturated heterocycles. The molecular weight excluding hydrogens is 508 g/mol. The van der Waals surface area contributed by atoms with Crippen LogP contribution in [0.25, 0.3) is 6.08 Å². The third-order valence-electron chi connectivity index (χ3n) is 6.91. The molecule has 1 amide bonds. The molecule has 2 fully saturated rings. The fraction of sp³-hybridized carbons (Fsp3) is 0.407. The van der Waals surface area contributed by atoms with Gasteiger partial charge in [-0.25, -0.2) is 0 Å². The van der Waals surface area contributed by atoms with Crippen LogP contribution in [0.15, 0.2) is 27.9 Å². The zero-order valence-electron chi connectivity index (χ0n) is 20.9. The highest BCUT2D eigenvalue weighted by atomic mass is 32.2. The Hall–Kier alpha value is -3.29. The fourth-order valence-electron chi connectivity index (χ4n) is 4.93. The van der Waals surface area contributed by atoms with Gasteiger partial charge in [-0.3, -0.25) is 19.1 Å². The number of hydrogen-bond acceptors (Lipinski definition) is 8. The van der Waals surface area contributed by atoms with Gasteiger partial charge >= 0.3 is 0 Å². The molecule has 0 aliphatic carbocycles. The highest BCUT2D eigenvalue weighted by molar-refractivity contribution is 8.26. The third kappa shape index (κ3) is 4.74. The summed E-state index contributed by atoms with van der Waals surface area (Å²) in [6.07, 6.45) is 5.65. The van der Waals surface area contributed by atoms with E-state index < -0.39 is 0 Å². The lowest BCUT2D eigenvalue weighted by Crippen LogP contribution is -2.33. The highest BCUT2D eigenvalue weighted by Gasteiger charge is 2.34. The third-order valence-corrected chi connectivity index (χ3v) is 8.29. The zero-order valence-corrected chi connectivity index (χ0v) is 22.5. The summed E-state index contributed by atoms with van der Waals surface area (Å²) in [6, 6.07) is 7.71. The largest absolute Gasteiger partial charge is 0.454 e. The molecule has 10 heteroatoms. The van der Waals surface area contributed by atoms with Crippen LogP contribution < -0.4 is 19.9 Å². The topological polar surface area (TPSA) is 87.8 Å². The number of rotatable bonds is 7. The first-order chi connectivity index (χ1) is 17.9. The Balaban J connectivity index is 1.54. The summed E-state index contributed by atoms with van der Waals surface area (Å²) in [4.78, 5) is 31.1. The van der Waals surface area contributed by atoms with Crippen LogP contribution in [-0.2, 0) is 17.9 Å². The van der Waals surface area contributed by atoms with Gasteiger partial charge in [-0.1, -0.05) is 43.4 Å². The van der Waals surface area contributed by atoms with Crippen molar-refractivity contribution in [3.63, 3.8) is 0 Å². The minimum Gasteiger partial charge on any atom is -0.454 e. The number of anilines is 1. The van der Waals surface area contributed by atoms with Crippen molar-refractivity contribution in [2.45, 2.75) is 52.6 Å². The molecular formula is C27H28N4O4S2. The van der Waals surface area contributed by atoms with Crippen LogP contribution in [0.3, 0.4) is 0 Å². The quantitative estimate of drug-likeness (QED) is 0.376. The number of nitriles is 1. The van der Waals surface area contributed by atoms with Crippen LogP contribution in [0.5, 0.6) is 11.5 Å². The van der Waals surface area contributed by atoms with Crippen molar-refractivity contribution in [1.82, 2.24) is 9.47 Å². The van der Waals surface area contributed by atoms with Crippen molar-refractivity contribution in [3.05, 3.63) is 55.7 Å². The number of fused-ring (bicyclic) bond motifs is 1. The lowest BCUT2D eigenvalue weighted by atomic mass is 10.0. The summed E-state index contributed by atoms with van der Waals surface area (Å²) in [5.74, 6) is 1.95. The molecule has 192 valence electrons. The maximum absolute atomic E-state index is 13.5. The van der Waals surface area contributed by atoms with E-state index in [0.717, 1.165) is 55.7 Å². The summed E-state index contributed by atoms with van der Waals surface area (Å²) >= 11 is 6.83. The summed E-state index contributed by atoms with van der Waals surface area (Å²) in [6.45, 7) is 6.57. The van der Waals surface area contributed by atoms with Gasteiger partial charge in [0.1, 0.15) is 21.8 Å². The molecule has 3 aliphatic rings. The van der Waals surface area contributed by atoms with Gasteiger partial charge in [-0.05, 0) is 55.5 Å². The average Bonchev–Trinajstić information content (AvgIpc) is 3.63. The van der Waals surface area contributed by atoms with E-state index in [1.54, 1.807) is 16.4 Å². The fourth-order valence-corrected chi connectivity index (χ4v) is 6.16. The van der Waals surface area contributed by atoms with Crippen LogP contribution in [0.4, 0.5) is 5.82 Å². The van der Waals surface area contributed by atoms with Gasteiger partial charge in [0.05, 0.1) is 11.4 Å². The summed E-state index contributed by atoms with van der Waals surface area (Å²) in [7, 11) is 0. The maximum atomic E-state index is 13.5. The Bertz CT molecular complexity index is 1400. The molecule has 4 heterocycles. The van der Waals surface area contributed by atoms with Gasteiger partial charge in [0, 0.05) is 25.2 Å². The minimum absolute atomic E-state index is 0.126.